The van der Waals surface area contributed by atoms with Gasteiger partial charge in [-0.15, -0.1) is 0 Å². The Balaban J connectivity index is 2.26. The average molecular weight is 256 g/mol. The molecule has 1 aliphatic rings. The van der Waals surface area contributed by atoms with Gasteiger partial charge in [0.2, 0.25) is 0 Å². The van der Waals surface area contributed by atoms with E-state index in [4.69, 9.17) is 0 Å². The van der Waals surface area contributed by atoms with Crippen molar-refractivity contribution < 1.29 is 4.79 Å². The van der Waals surface area contributed by atoms with Crippen LogP contribution in [0.4, 0.5) is 0 Å². The first-order valence-corrected chi connectivity index (χ1v) is 6.54. The van der Waals surface area contributed by atoms with Gasteiger partial charge in [0.05, 0.1) is 0 Å². The second-order valence-electron chi connectivity index (χ2n) is 2.33. The summed E-state index contributed by atoms with van der Waals surface area (Å²) in [5.74, 6) is 0.455. The lowest BCUT2D eigenvalue weighted by molar-refractivity contribution is -0.120. The number of halogens is 1. The largest absolute Gasteiger partial charge is 0.300 e. The highest BCUT2D eigenvalue weighted by molar-refractivity contribution is 14.2. The zero-order valence-electron chi connectivity index (χ0n) is 5.10. The van der Waals surface area contributed by atoms with Crippen LogP contribution in [-0.4, -0.2) is 11.0 Å². The normalized spacial score (nSPS) is 22.6. The molecule has 0 bridgehead atoms. The Labute approximate surface area is 71.6 Å². The smallest absolute Gasteiger partial charge is 0.132 e. The highest BCUT2D eigenvalue weighted by atomic mass is 127. The molecule has 0 radical (unpaired) electrons. The summed E-state index contributed by atoms with van der Waals surface area (Å²) in [4.78, 5) is 10.7. The quantitative estimate of drug-likeness (QED) is 0.671. The number of carbonyl (C=O) groups is 1. The molecule has 9 heavy (non-hydrogen) atoms. The Morgan fingerprint density at radius 3 is 2.44 bits per heavy atom. The summed E-state index contributed by atoms with van der Waals surface area (Å²) in [5, 5.41) is 0.753. The lowest BCUT2D eigenvalue weighted by atomic mass is 9.99. The standard InChI is InChI=1S/C6H9IOS/c7-9-6-3-1-5(8)2-4-6/h6H,1-4H2. The molecule has 52 valence electrons. The molecule has 0 aromatic rings. The van der Waals surface area contributed by atoms with E-state index in [2.05, 4.69) is 21.2 Å². The van der Waals surface area contributed by atoms with Crippen molar-refractivity contribution >= 4 is 35.9 Å². The summed E-state index contributed by atoms with van der Waals surface area (Å²) in [6.07, 6.45) is 3.85. The summed E-state index contributed by atoms with van der Waals surface area (Å²) >= 11 is 2.32. The third kappa shape index (κ3) is 2.45. The van der Waals surface area contributed by atoms with Gasteiger partial charge < -0.3 is 0 Å². The highest BCUT2D eigenvalue weighted by Crippen LogP contribution is 2.30. The van der Waals surface area contributed by atoms with Crippen LogP contribution in [0, 0.1) is 0 Å². The van der Waals surface area contributed by atoms with E-state index in [1.165, 1.54) is 0 Å². The van der Waals surface area contributed by atoms with Crippen molar-refractivity contribution in [2.24, 2.45) is 0 Å². The summed E-state index contributed by atoms with van der Waals surface area (Å²) in [6, 6.07) is 0. The molecule has 0 atom stereocenters. The highest BCUT2D eigenvalue weighted by Gasteiger charge is 2.17. The van der Waals surface area contributed by atoms with Crippen LogP contribution in [0.1, 0.15) is 25.7 Å². The molecule has 0 spiro atoms. The van der Waals surface area contributed by atoms with E-state index in [-0.39, 0.29) is 0 Å². The minimum Gasteiger partial charge on any atom is -0.300 e. The van der Waals surface area contributed by atoms with Gasteiger partial charge in [0.25, 0.3) is 0 Å². The summed E-state index contributed by atoms with van der Waals surface area (Å²) in [5.41, 5.74) is 0. The van der Waals surface area contributed by atoms with Crippen molar-refractivity contribution in [2.75, 3.05) is 0 Å². The predicted octanol–water partition coefficient (Wildman–Crippen LogP) is 2.58. The summed E-state index contributed by atoms with van der Waals surface area (Å²) in [7, 11) is 1.87. The lowest BCUT2D eigenvalue weighted by Crippen LogP contribution is -2.13. The van der Waals surface area contributed by atoms with Crippen LogP contribution in [0.2, 0.25) is 0 Å². The van der Waals surface area contributed by atoms with Crippen molar-refractivity contribution in [1.29, 1.82) is 0 Å². The van der Waals surface area contributed by atoms with Gasteiger partial charge in [0.15, 0.2) is 0 Å². The van der Waals surface area contributed by atoms with Crippen molar-refractivity contribution in [2.45, 2.75) is 30.9 Å². The molecule has 0 heterocycles. The van der Waals surface area contributed by atoms with Gasteiger partial charge in [-0.3, -0.25) is 4.79 Å². The number of Topliss-reactive ketones (excluding diaryl/α,β-unsaturated/α-hetero) is 1. The van der Waals surface area contributed by atoms with Gasteiger partial charge in [0.1, 0.15) is 5.78 Å². The third-order valence-corrected chi connectivity index (χ3v) is 4.50. The van der Waals surface area contributed by atoms with E-state index in [1.54, 1.807) is 0 Å². The SMILES string of the molecule is O=C1CCC(SI)CC1. The molecule has 0 amide bonds. The molecule has 3 heteroatoms. The zero-order valence-corrected chi connectivity index (χ0v) is 8.07. The van der Waals surface area contributed by atoms with E-state index in [0.717, 1.165) is 30.9 Å². The fraction of sp³-hybridized carbons (Fsp3) is 0.833. The number of carbonyl (C=O) groups excluding carboxylic acids is 1. The maximum atomic E-state index is 10.7. The van der Waals surface area contributed by atoms with E-state index in [1.807, 2.05) is 8.93 Å². The van der Waals surface area contributed by atoms with E-state index in [9.17, 15) is 4.79 Å². The van der Waals surface area contributed by atoms with Gasteiger partial charge >= 0.3 is 0 Å². The molecule has 0 aliphatic heterocycles. The second kappa shape index (κ2) is 3.81. The minimum atomic E-state index is 0.455. The van der Waals surface area contributed by atoms with Gasteiger partial charge in [-0.05, 0) is 34.0 Å². The number of hydrogen-bond acceptors (Lipinski definition) is 2. The molecule has 1 fully saturated rings. The van der Waals surface area contributed by atoms with Crippen molar-refractivity contribution in [1.82, 2.24) is 0 Å². The van der Waals surface area contributed by atoms with Crippen LogP contribution in [0.3, 0.4) is 0 Å². The molecule has 0 N–H and O–H groups in total. The molecule has 0 aromatic carbocycles. The van der Waals surface area contributed by atoms with Crippen LogP contribution < -0.4 is 0 Å². The van der Waals surface area contributed by atoms with Crippen molar-refractivity contribution in [3.05, 3.63) is 0 Å². The van der Waals surface area contributed by atoms with Gasteiger partial charge in [-0.1, -0.05) is 8.93 Å². The fourth-order valence-corrected chi connectivity index (χ4v) is 2.94. The number of rotatable bonds is 1. The second-order valence-corrected chi connectivity index (χ2v) is 4.70. The van der Waals surface area contributed by atoms with Crippen LogP contribution >= 0.6 is 30.1 Å². The fourth-order valence-electron chi connectivity index (χ4n) is 1.00. The van der Waals surface area contributed by atoms with Crippen molar-refractivity contribution in [3.63, 3.8) is 0 Å². The van der Waals surface area contributed by atoms with E-state index >= 15 is 0 Å². The first-order valence-electron chi connectivity index (χ1n) is 3.12. The molecule has 1 aliphatic carbocycles. The maximum Gasteiger partial charge on any atom is 0.132 e. The lowest BCUT2D eigenvalue weighted by Gasteiger charge is -2.16. The first-order chi connectivity index (χ1) is 4.33. The van der Waals surface area contributed by atoms with Crippen LogP contribution in [0.15, 0.2) is 0 Å². The molecule has 0 aromatic heterocycles. The van der Waals surface area contributed by atoms with E-state index in [0.29, 0.717) is 5.78 Å². The molecular weight excluding hydrogens is 247 g/mol. The van der Waals surface area contributed by atoms with Gasteiger partial charge in [-0.2, -0.15) is 0 Å². The predicted molar refractivity (Wildman–Crippen MR) is 48.9 cm³/mol. The minimum absolute atomic E-state index is 0.455. The Morgan fingerprint density at radius 1 is 1.44 bits per heavy atom. The Kier molecular flexibility index (Phi) is 3.32. The van der Waals surface area contributed by atoms with Crippen LogP contribution in [0.25, 0.3) is 0 Å². The third-order valence-electron chi connectivity index (χ3n) is 1.62. The molecule has 1 rings (SSSR count). The first kappa shape index (κ1) is 7.85. The maximum absolute atomic E-state index is 10.7. The molecular formula is C6H9IOS. The number of hydrogen-bond donors (Lipinski definition) is 0. The van der Waals surface area contributed by atoms with Gasteiger partial charge in [0, 0.05) is 18.1 Å². The van der Waals surface area contributed by atoms with Crippen LogP contribution in [-0.2, 0) is 4.79 Å². The topological polar surface area (TPSA) is 17.1 Å². The average Bonchev–Trinajstić information content (AvgIpc) is 1.90. The molecule has 1 nitrogen and oxygen atoms in total. The molecule has 0 unspecified atom stereocenters. The van der Waals surface area contributed by atoms with Gasteiger partial charge in [-0.25, -0.2) is 0 Å². The Morgan fingerprint density at radius 2 is 2.00 bits per heavy atom. The van der Waals surface area contributed by atoms with Crippen molar-refractivity contribution in [3.8, 4) is 0 Å². The zero-order chi connectivity index (χ0) is 6.69. The summed E-state index contributed by atoms with van der Waals surface area (Å²) in [6.45, 7) is 0. The Bertz CT molecular complexity index is 106. The molecule has 1 saturated carbocycles. The molecule has 0 saturated heterocycles. The Hall–Kier alpha value is 0.750. The monoisotopic (exact) mass is 256 g/mol. The summed E-state index contributed by atoms with van der Waals surface area (Å²) < 4.78 is 0. The van der Waals surface area contributed by atoms with Crippen LogP contribution in [0.5, 0.6) is 0 Å². The van der Waals surface area contributed by atoms with E-state index < -0.39 is 0 Å². The number of ketones is 1.